The monoisotopic (exact) mass is 496 g/mol. The molecule has 1 amide bonds. The maximum absolute atomic E-state index is 12.8. The third-order valence-electron chi connectivity index (χ3n) is 6.19. The average molecular weight is 497 g/mol. The Kier molecular flexibility index (Phi) is 7.18. The third kappa shape index (κ3) is 5.65. The molecule has 1 saturated heterocycles. The molecule has 1 atom stereocenters. The standard InChI is InChI=1S/C27H28N8O2/c1-37-21-4-2-3-19(13-21)26(27(28)36)20-14-22(33-23(15-20)34-24-17-30-7-8-31-24)18-5-6-32-25(16-18)35-11-9-29-10-12-35/h2-8,13-17,26,29H,9-12H2,1H3,(H2,28,36)(H,31,33,34). The van der Waals surface area contributed by atoms with Gasteiger partial charge in [-0.25, -0.2) is 15.0 Å². The van der Waals surface area contributed by atoms with Gasteiger partial charge in [0.05, 0.1) is 24.9 Å². The molecule has 188 valence electrons. The molecule has 0 bridgehead atoms. The summed E-state index contributed by atoms with van der Waals surface area (Å²) in [6, 6.07) is 15.0. The summed E-state index contributed by atoms with van der Waals surface area (Å²) in [5.74, 6) is 1.38. The molecule has 1 aliphatic rings. The number of hydrogen-bond acceptors (Lipinski definition) is 9. The Morgan fingerprint density at radius 1 is 1.03 bits per heavy atom. The Morgan fingerprint density at radius 3 is 2.65 bits per heavy atom. The molecule has 10 nitrogen and oxygen atoms in total. The zero-order valence-corrected chi connectivity index (χ0v) is 20.5. The highest BCUT2D eigenvalue weighted by Crippen LogP contribution is 2.32. The molecule has 37 heavy (non-hydrogen) atoms. The van der Waals surface area contributed by atoms with Crippen molar-refractivity contribution in [3.05, 3.63) is 84.4 Å². The van der Waals surface area contributed by atoms with Crippen LogP contribution < -0.4 is 26.0 Å². The number of primary amides is 1. The number of amides is 1. The van der Waals surface area contributed by atoms with Crippen molar-refractivity contribution in [3.63, 3.8) is 0 Å². The number of hydrogen-bond donors (Lipinski definition) is 3. The lowest BCUT2D eigenvalue weighted by atomic mass is 9.90. The van der Waals surface area contributed by atoms with Gasteiger partial charge in [0.1, 0.15) is 23.2 Å². The van der Waals surface area contributed by atoms with Gasteiger partial charge in [0.2, 0.25) is 5.91 Å². The minimum absolute atomic E-state index is 0.480. The number of pyridine rings is 2. The van der Waals surface area contributed by atoms with Crippen LogP contribution in [0.5, 0.6) is 5.75 Å². The van der Waals surface area contributed by atoms with E-state index in [-0.39, 0.29) is 0 Å². The van der Waals surface area contributed by atoms with Crippen LogP contribution in [0.2, 0.25) is 0 Å². The van der Waals surface area contributed by atoms with Crippen LogP contribution in [-0.2, 0) is 4.79 Å². The predicted molar refractivity (Wildman–Crippen MR) is 142 cm³/mol. The number of aromatic nitrogens is 4. The van der Waals surface area contributed by atoms with Crippen LogP contribution in [0.4, 0.5) is 17.5 Å². The van der Waals surface area contributed by atoms with Gasteiger partial charge in [-0.1, -0.05) is 12.1 Å². The Hall–Kier alpha value is -4.57. The lowest BCUT2D eigenvalue weighted by Gasteiger charge is -2.28. The number of nitrogens with one attached hydrogen (secondary N) is 2. The highest BCUT2D eigenvalue weighted by Gasteiger charge is 2.23. The summed E-state index contributed by atoms with van der Waals surface area (Å²) in [5.41, 5.74) is 8.91. The van der Waals surface area contributed by atoms with Crippen LogP contribution in [-0.4, -0.2) is 59.1 Å². The van der Waals surface area contributed by atoms with Gasteiger partial charge in [-0.2, -0.15) is 0 Å². The minimum Gasteiger partial charge on any atom is -0.497 e. The number of carbonyl (C=O) groups excluding carboxylic acids is 1. The maximum Gasteiger partial charge on any atom is 0.229 e. The normalized spacial score (nSPS) is 14.1. The molecule has 10 heteroatoms. The Balaban J connectivity index is 1.60. The molecule has 3 aromatic heterocycles. The minimum atomic E-state index is -0.714. The van der Waals surface area contributed by atoms with Gasteiger partial charge < -0.3 is 26.0 Å². The molecule has 0 radical (unpaired) electrons. The van der Waals surface area contributed by atoms with Crippen molar-refractivity contribution in [3.8, 4) is 17.0 Å². The van der Waals surface area contributed by atoms with Gasteiger partial charge in [0.15, 0.2) is 0 Å². The van der Waals surface area contributed by atoms with E-state index in [4.69, 9.17) is 15.5 Å². The van der Waals surface area contributed by atoms with Crippen molar-refractivity contribution in [1.29, 1.82) is 0 Å². The second-order valence-corrected chi connectivity index (χ2v) is 8.64. The van der Waals surface area contributed by atoms with Crippen molar-refractivity contribution in [2.24, 2.45) is 5.73 Å². The summed E-state index contributed by atoms with van der Waals surface area (Å²) in [7, 11) is 1.59. The molecule has 4 N–H and O–H groups in total. The van der Waals surface area contributed by atoms with Crippen LogP contribution in [0, 0.1) is 0 Å². The topological polar surface area (TPSA) is 131 Å². The van der Waals surface area contributed by atoms with E-state index >= 15 is 0 Å². The second kappa shape index (κ2) is 11.0. The average Bonchev–Trinajstić information content (AvgIpc) is 2.94. The second-order valence-electron chi connectivity index (χ2n) is 8.64. The molecule has 4 heterocycles. The Bertz CT molecular complexity index is 1380. The number of nitrogens with two attached hydrogens (primary N) is 1. The van der Waals surface area contributed by atoms with Gasteiger partial charge in [0, 0.05) is 50.3 Å². The van der Waals surface area contributed by atoms with Crippen LogP contribution in [0.25, 0.3) is 11.3 Å². The van der Waals surface area contributed by atoms with Crippen molar-refractivity contribution in [2.45, 2.75) is 5.92 Å². The van der Waals surface area contributed by atoms with E-state index in [1.54, 1.807) is 31.9 Å². The Morgan fingerprint density at radius 2 is 1.89 bits per heavy atom. The molecule has 1 aromatic carbocycles. The maximum atomic E-state index is 12.8. The van der Waals surface area contributed by atoms with Crippen molar-refractivity contribution in [1.82, 2.24) is 25.3 Å². The smallest absolute Gasteiger partial charge is 0.229 e. The molecule has 0 saturated carbocycles. The third-order valence-corrected chi connectivity index (χ3v) is 6.19. The van der Waals surface area contributed by atoms with Crippen LogP contribution in [0.1, 0.15) is 17.0 Å². The molecule has 1 aliphatic heterocycles. The number of piperazine rings is 1. The fourth-order valence-electron chi connectivity index (χ4n) is 4.41. The van der Waals surface area contributed by atoms with E-state index in [0.29, 0.717) is 28.6 Å². The number of benzene rings is 1. The fourth-order valence-corrected chi connectivity index (χ4v) is 4.41. The lowest BCUT2D eigenvalue weighted by molar-refractivity contribution is -0.118. The molecule has 0 spiro atoms. The van der Waals surface area contributed by atoms with Gasteiger partial charge >= 0.3 is 0 Å². The number of rotatable bonds is 8. The highest BCUT2D eigenvalue weighted by atomic mass is 16.5. The van der Waals surface area contributed by atoms with Crippen molar-refractivity contribution in [2.75, 3.05) is 43.5 Å². The molecule has 1 fully saturated rings. The number of ether oxygens (including phenoxy) is 1. The van der Waals surface area contributed by atoms with Crippen LogP contribution >= 0.6 is 0 Å². The summed E-state index contributed by atoms with van der Waals surface area (Å²) in [6.07, 6.45) is 6.58. The van der Waals surface area contributed by atoms with Gasteiger partial charge in [-0.05, 0) is 47.5 Å². The summed E-state index contributed by atoms with van der Waals surface area (Å²) < 4.78 is 5.38. The van der Waals surface area contributed by atoms with Gasteiger partial charge in [-0.15, -0.1) is 0 Å². The predicted octanol–water partition coefficient (Wildman–Crippen LogP) is 2.71. The summed E-state index contributed by atoms with van der Waals surface area (Å²) in [5, 5.41) is 6.57. The molecular formula is C27H28N8O2. The van der Waals surface area contributed by atoms with Crippen LogP contribution in [0.3, 0.4) is 0 Å². The first kappa shape index (κ1) is 24.1. The van der Waals surface area contributed by atoms with Crippen LogP contribution in [0.15, 0.2) is 73.3 Å². The molecule has 4 aromatic rings. The number of nitrogens with zero attached hydrogens (tertiary/aromatic N) is 5. The Labute approximate surface area is 215 Å². The number of methoxy groups -OCH3 is 1. The van der Waals surface area contributed by atoms with E-state index in [0.717, 1.165) is 43.1 Å². The first-order valence-electron chi connectivity index (χ1n) is 12.0. The number of carbonyl (C=O) groups is 1. The first-order valence-corrected chi connectivity index (χ1v) is 12.0. The van der Waals surface area contributed by atoms with Gasteiger partial charge in [0.25, 0.3) is 0 Å². The van der Waals surface area contributed by atoms with Gasteiger partial charge in [-0.3, -0.25) is 9.78 Å². The van der Waals surface area contributed by atoms with Crippen molar-refractivity contribution < 1.29 is 9.53 Å². The van der Waals surface area contributed by atoms with E-state index in [9.17, 15) is 4.79 Å². The zero-order valence-electron chi connectivity index (χ0n) is 20.5. The van der Waals surface area contributed by atoms with Crippen molar-refractivity contribution >= 4 is 23.4 Å². The molecule has 1 unspecified atom stereocenters. The highest BCUT2D eigenvalue weighted by molar-refractivity contribution is 5.86. The molecule has 5 rings (SSSR count). The quantitative estimate of drug-likeness (QED) is 0.337. The SMILES string of the molecule is COc1cccc(C(C(N)=O)c2cc(Nc3cnccn3)nc(-c3ccnc(N4CCNCC4)c3)c2)c1. The summed E-state index contributed by atoms with van der Waals surface area (Å²) >= 11 is 0. The number of anilines is 3. The van der Waals surface area contributed by atoms with E-state index in [2.05, 4.69) is 30.5 Å². The zero-order chi connectivity index (χ0) is 25.6. The molecule has 0 aliphatic carbocycles. The van der Waals surface area contributed by atoms with E-state index in [1.807, 2.05) is 48.5 Å². The largest absolute Gasteiger partial charge is 0.497 e. The van der Waals surface area contributed by atoms with E-state index < -0.39 is 11.8 Å². The first-order chi connectivity index (χ1) is 18.1. The fraction of sp³-hybridized carbons (Fsp3) is 0.222. The van der Waals surface area contributed by atoms with E-state index in [1.165, 1.54) is 0 Å². The summed E-state index contributed by atoms with van der Waals surface area (Å²) in [6.45, 7) is 3.57. The summed E-state index contributed by atoms with van der Waals surface area (Å²) in [4.78, 5) is 32.8. The molecular weight excluding hydrogens is 468 g/mol. The lowest BCUT2D eigenvalue weighted by Crippen LogP contribution is -2.43.